The van der Waals surface area contributed by atoms with Gasteiger partial charge in [-0.1, -0.05) is 6.07 Å². The van der Waals surface area contributed by atoms with Crippen LogP contribution in [0.15, 0.2) is 42.5 Å². The molecule has 2 aromatic rings. The first-order chi connectivity index (χ1) is 11.6. The SMILES string of the molecule is COc1ccc(C[C@H](C#N)C(=O)Nc2ccc(F)cc2)c(OC)c1. The minimum atomic E-state index is -0.905. The summed E-state index contributed by atoms with van der Waals surface area (Å²) >= 11 is 0. The average molecular weight is 328 g/mol. The predicted molar refractivity (Wildman–Crippen MR) is 87.4 cm³/mol. The van der Waals surface area contributed by atoms with Crippen LogP contribution in [0.1, 0.15) is 5.56 Å². The van der Waals surface area contributed by atoms with Gasteiger partial charge in [0, 0.05) is 18.2 Å². The number of carbonyl (C=O) groups is 1. The van der Waals surface area contributed by atoms with Gasteiger partial charge in [-0.2, -0.15) is 5.26 Å². The number of nitriles is 1. The summed E-state index contributed by atoms with van der Waals surface area (Å²) in [6.07, 6.45) is 0.191. The van der Waals surface area contributed by atoms with E-state index in [-0.39, 0.29) is 6.42 Å². The Balaban J connectivity index is 2.12. The first-order valence-corrected chi connectivity index (χ1v) is 7.24. The standard InChI is InChI=1S/C18H17FN2O3/c1-23-16-8-3-12(17(10-16)24-2)9-13(11-20)18(22)21-15-6-4-14(19)5-7-15/h3-8,10,13H,9H2,1-2H3,(H,21,22)/t13-/m1/s1. The van der Waals surface area contributed by atoms with Gasteiger partial charge in [-0.25, -0.2) is 4.39 Å². The van der Waals surface area contributed by atoms with E-state index >= 15 is 0 Å². The van der Waals surface area contributed by atoms with Gasteiger partial charge >= 0.3 is 0 Å². The predicted octanol–water partition coefficient (Wildman–Crippen LogP) is 3.16. The largest absolute Gasteiger partial charge is 0.497 e. The van der Waals surface area contributed by atoms with Crippen LogP contribution < -0.4 is 14.8 Å². The Morgan fingerprint density at radius 2 is 1.92 bits per heavy atom. The van der Waals surface area contributed by atoms with Gasteiger partial charge < -0.3 is 14.8 Å². The molecule has 1 atom stereocenters. The molecule has 0 aromatic heterocycles. The Hall–Kier alpha value is -3.07. The number of benzene rings is 2. The number of amides is 1. The molecule has 0 heterocycles. The molecule has 0 aliphatic rings. The third-order valence-corrected chi connectivity index (χ3v) is 3.50. The second-order valence-electron chi connectivity index (χ2n) is 5.06. The van der Waals surface area contributed by atoms with E-state index in [4.69, 9.17) is 9.47 Å². The lowest BCUT2D eigenvalue weighted by molar-refractivity contribution is -0.118. The second-order valence-corrected chi connectivity index (χ2v) is 5.06. The number of ether oxygens (including phenoxy) is 2. The fourth-order valence-corrected chi connectivity index (χ4v) is 2.20. The number of methoxy groups -OCH3 is 2. The molecule has 6 heteroatoms. The van der Waals surface area contributed by atoms with Crippen LogP contribution in [0.3, 0.4) is 0 Å². The summed E-state index contributed by atoms with van der Waals surface area (Å²) in [7, 11) is 3.06. The van der Waals surface area contributed by atoms with E-state index < -0.39 is 17.6 Å². The molecule has 0 spiro atoms. The monoisotopic (exact) mass is 328 g/mol. The maximum absolute atomic E-state index is 12.9. The molecule has 1 amide bonds. The molecule has 24 heavy (non-hydrogen) atoms. The van der Waals surface area contributed by atoms with Gasteiger partial charge in [0.1, 0.15) is 23.2 Å². The number of nitrogens with one attached hydrogen (secondary N) is 1. The van der Waals surface area contributed by atoms with Gasteiger partial charge in [-0.05, 0) is 35.9 Å². The van der Waals surface area contributed by atoms with Crippen molar-refractivity contribution in [2.24, 2.45) is 5.92 Å². The zero-order valence-corrected chi connectivity index (χ0v) is 13.4. The highest BCUT2D eigenvalue weighted by Crippen LogP contribution is 2.27. The molecule has 0 unspecified atom stereocenters. The summed E-state index contributed by atoms with van der Waals surface area (Å²) in [4.78, 5) is 12.3. The molecule has 0 saturated carbocycles. The molecule has 0 bridgehead atoms. The molecule has 124 valence electrons. The van der Waals surface area contributed by atoms with Crippen molar-refractivity contribution in [3.8, 4) is 17.6 Å². The number of hydrogen-bond donors (Lipinski definition) is 1. The number of rotatable bonds is 6. The number of nitrogens with zero attached hydrogens (tertiary/aromatic N) is 1. The lowest BCUT2D eigenvalue weighted by Crippen LogP contribution is -2.23. The molecule has 0 fully saturated rings. The highest BCUT2D eigenvalue weighted by atomic mass is 19.1. The lowest BCUT2D eigenvalue weighted by Gasteiger charge is -2.14. The van der Waals surface area contributed by atoms with Gasteiger partial charge in [0.25, 0.3) is 0 Å². The van der Waals surface area contributed by atoms with Crippen LogP contribution in [0.5, 0.6) is 11.5 Å². The highest BCUT2D eigenvalue weighted by Gasteiger charge is 2.20. The fraction of sp³-hybridized carbons (Fsp3) is 0.222. The molecule has 0 radical (unpaired) electrons. The van der Waals surface area contributed by atoms with E-state index in [1.54, 1.807) is 25.3 Å². The van der Waals surface area contributed by atoms with E-state index in [0.717, 1.165) is 5.56 Å². The van der Waals surface area contributed by atoms with Crippen LogP contribution in [-0.4, -0.2) is 20.1 Å². The Morgan fingerprint density at radius 3 is 2.50 bits per heavy atom. The van der Waals surface area contributed by atoms with Crippen LogP contribution in [0.4, 0.5) is 10.1 Å². The zero-order valence-electron chi connectivity index (χ0n) is 13.4. The molecule has 0 aliphatic heterocycles. The van der Waals surface area contributed by atoms with Crippen LogP contribution >= 0.6 is 0 Å². The molecular formula is C18H17FN2O3. The van der Waals surface area contributed by atoms with Crippen LogP contribution in [0.25, 0.3) is 0 Å². The molecule has 1 N–H and O–H groups in total. The Morgan fingerprint density at radius 1 is 1.21 bits per heavy atom. The van der Waals surface area contributed by atoms with Crippen LogP contribution in [0.2, 0.25) is 0 Å². The summed E-state index contributed by atoms with van der Waals surface area (Å²) in [5.74, 6) is -0.587. The Kier molecular flexibility index (Phi) is 5.74. The van der Waals surface area contributed by atoms with Gasteiger partial charge in [0.15, 0.2) is 0 Å². The van der Waals surface area contributed by atoms with Crippen molar-refractivity contribution in [1.82, 2.24) is 0 Å². The van der Waals surface area contributed by atoms with Crippen molar-refractivity contribution >= 4 is 11.6 Å². The van der Waals surface area contributed by atoms with E-state index in [2.05, 4.69) is 5.32 Å². The van der Waals surface area contributed by atoms with Crippen LogP contribution in [-0.2, 0) is 11.2 Å². The first kappa shape index (κ1) is 17.3. The van der Waals surface area contributed by atoms with Crippen LogP contribution in [0, 0.1) is 23.1 Å². The number of carbonyl (C=O) groups excluding carboxylic acids is 1. The van der Waals surface area contributed by atoms with Crippen molar-refractivity contribution in [2.75, 3.05) is 19.5 Å². The van der Waals surface area contributed by atoms with Gasteiger partial charge in [0.05, 0.1) is 20.3 Å². The maximum atomic E-state index is 12.9. The van der Waals surface area contributed by atoms with Gasteiger partial charge in [-0.3, -0.25) is 4.79 Å². The molecule has 0 saturated heterocycles. The number of hydrogen-bond acceptors (Lipinski definition) is 4. The van der Waals surface area contributed by atoms with Crippen molar-refractivity contribution in [2.45, 2.75) is 6.42 Å². The maximum Gasteiger partial charge on any atom is 0.242 e. The van der Waals surface area contributed by atoms with E-state index in [1.807, 2.05) is 6.07 Å². The summed E-state index contributed by atoms with van der Waals surface area (Å²) in [6.45, 7) is 0. The molecule has 2 rings (SSSR count). The van der Waals surface area contributed by atoms with Gasteiger partial charge in [0.2, 0.25) is 5.91 Å². The van der Waals surface area contributed by atoms with E-state index in [1.165, 1.54) is 31.4 Å². The minimum absolute atomic E-state index is 0.191. The summed E-state index contributed by atoms with van der Waals surface area (Å²) in [6, 6.07) is 12.5. The Bertz CT molecular complexity index is 754. The van der Waals surface area contributed by atoms with Crippen molar-refractivity contribution in [3.05, 3.63) is 53.8 Å². The molecule has 0 aliphatic carbocycles. The normalized spacial score (nSPS) is 11.2. The third kappa shape index (κ3) is 4.23. The quantitative estimate of drug-likeness (QED) is 0.884. The smallest absolute Gasteiger partial charge is 0.242 e. The molecule has 2 aromatic carbocycles. The number of halogens is 1. The van der Waals surface area contributed by atoms with E-state index in [9.17, 15) is 14.4 Å². The summed E-state index contributed by atoms with van der Waals surface area (Å²) < 4.78 is 23.3. The molecule has 5 nitrogen and oxygen atoms in total. The van der Waals surface area contributed by atoms with Crippen molar-refractivity contribution in [1.29, 1.82) is 5.26 Å². The van der Waals surface area contributed by atoms with Crippen molar-refractivity contribution < 1.29 is 18.7 Å². The minimum Gasteiger partial charge on any atom is -0.497 e. The zero-order chi connectivity index (χ0) is 17.5. The third-order valence-electron chi connectivity index (χ3n) is 3.50. The second kappa shape index (κ2) is 7.97. The topological polar surface area (TPSA) is 71.3 Å². The van der Waals surface area contributed by atoms with Gasteiger partial charge in [-0.15, -0.1) is 0 Å². The van der Waals surface area contributed by atoms with Crippen molar-refractivity contribution in [3.63, 3.8) is 0 Å². The highest BCUT2D eigenvalue weighted by molar-refractivity contribution is 5.94. The first-order valence-electron chi connectivity index (χ1n) is 7.24. The lowest BCUT2D eigenvalue weighted by atomic mass is 9.98. The summed E-state index contributed by atoms with van der Waals surface area (Å²) in [5, 5.41) is 11.9. The average Bonchev–Trinajstić information content (AvgIpc) is 2.61. The van der Waals surface area contributed by atoms with E-state index in [0.29, 0.717) is 17.2 Å². The fourth-order valence-electron chi connectivity index (χ4n) is 2.20. The number of anilines is 1. The Labute approximate surface area is 139 Å². The summed E-state index contributed by atoms with van der Waals surface area (Å²) in [5.41, 5.74) is 1.16. The molecular weight excluding hydrogens is 311 g/mol.